The molecule has 0 unspecified atom stereocenters. The Kier molecular flexibility index (Phi) is 4.89. The lowest BCUT2D eigenvalue weighted by atomic mass is 9.87. The molecule has 0 heteroatoms. The number of hydrogen-bond acceptors (Lipinski definition) is 0. The van der Waals surface area contributed by atoms with Gasteiger partial charge in [0, 0.05) is 0 Å². The monoisotopic (exact) mass is 456 g/mol. The van der Waals surface area contributed by atoms with Gasteiger partial charge in [-0.2, -0.15) is 0 Å². The normalized spacial score (nSPS) is 11.3. The summed E-state index contributed by atoms with van der Waals surface area (Å²) in [4.78, 5) is 0. The highest BCUT2D eigenvalue weighted by Gasteiger charge is 2.14. The van der Waals surface area contributed by atoms with Gasteiger partial charge >= 0.3 is 0 Å². The van der Waals surface area contributed by atoms with Crippen LogP contribution in [0.15, 0.2) is 146 Å². The second-order valence-electron chi connectivity index (χ2n) is 9.31. The first kappa shape index (κ1) is 20.7. The highest BCUT2D eigenvalue weighted by atomic mass is 14.2. The van der Waals surface area contributed by atoms with Gasteiger partial charge in [0.2, 0.25) is 0 Å². The molecule has 36 heavy (non-hydrogen) atoms. The maximum atomic E-state index is 2.38. The number of benzene rings is 6. The fourth-order valence-electron chi connectivity index (χ4n) is 5.65. The van der Waals surface area contributed by atoms with E-state index in [1.165, 1.54) is 65.3 Å². The van der Waals surface area contributed by atoms with Crippen LogP contribution in [0.5, 0.6) is 0 Å². The highest BCUT2D eigenvalue weighted by Crippen LogP contribution is 2.42. The van der Waals surface area contributed by atoms with E-state index in [0.29, 0.717) is 0 Å². The summed E-state index contributed by atoms with van der Waals surface area (Å²) in [5, 5.41) is 10.3. The van der Waals surface area contributed by atoms with Crippen molar-refractivity contribution in [1.82, 2.24) is 0 Å². The van der Waals surface area contributed by atoms with Crippen molar-refractivity contribution in [2.24, 2.45) is 0 Å². The fraction of sp³-hybridized carbons (Fsp3) is 0. The Balaban J connectivity index is 1.68. The minimum Gasteiger partial charge on any atom is -0.0622 e. The molecule has 0 heterocycles. The number of hydrogen-bond donors (Lipinski definition) is 0. The summed E-state index contributed by atoms with van der Waals surface area (Å²) in [7, 11) is 0. The molecule has 0 fully saturated rings. The van der Waals surface area contributed by atoms with E-state index in [0.717, 1.165) is 0 Å². The maximum Gasteiger partial charge on any atom is -0.00206 e. The van der Waals surface area contributed by atoms with E-state index in [9.17, 15) is 0 Å². The van der Waals surface area contributed by atoms with E-state index < -0.39 is 0 Å². The first-order chi connectivity index (χ1) is 17.9. The third kappa shape index (κ3) is 3.31. The molecule has 0 atom stereocenters. The smallest absolute Gasteiger partial charge is 0.00206 e. The Morgan fingerprint density at radius 1 is 0.278 bits per heavy atom. The van der Waals surface area contributed by atoms with Crippen LogP contribution in [0.1, 0.15) is 0 Å². The topological polar surface area (TPSA) is 0 Å². The second-order valence-corrected chi connectivity index (χ2v) is 9.31. The molecule has 0 saturated heterocycles. The first-order valence-electron chi connectivity index (χ1n) is 12.5. The number of fused-ring (bicyclic) bond motifs is 1. The quantitative estimate of drug-likeness (QED) is 0.227. The van der Waals surface area contributed by atoms with Gasteiger partial charge in [-0.05, 0) is 71.4 Å². The predicted molar refractivity (Wildman–Crippen MR) is 156 cm³/mol. The molecule has 0 aliphatic carbocycles. The zero-order chi connectivity index (χ0) is 23.9. The standard InChI is InChI=1S/C36H24/c1-2-7-18-32(31-20-9-8-19-30(31)29(17-6-1)25-12-4-3-5-13-25)34-24-28-16-10-14-26-22-23-27-15-11-21-33(34)36(27)35(26)28/h1-24H. The van der Waals surface area contributed by atoms with Crippen molar-refractivity contribution in [3.63, 3.8) is 0 Å². The first-order valence-corrected chi connectivity index (χ1v) is 12.5. The fourth-order valence-corrected chi connectivity index (χ4v) is 5.65. The Bertz CT molecular complexity index is 1930. The van der Waals surface area contributed by atoms with Crippen molar-refractivity contribution in [2.75, 3.05) is 0 Å². The van der Waals surface area contributed by atoms with Crippen LogP contribution in [0.2, 0.25) is 0 Å². The van der Waals surface area contributed by atoms with Crippen LogP contribution < -0.4 is 0 Å². The second kappa shape index (κ2) is 8.52. The Morgan fingerprint density at radius 3 is 1.58 bits per heavy atom. The van der Waals surface area contributed by atoms with Gasteiger partial charge in [-0.3, -0.25) is 0 Å². The molecule has 0 radical (unpaired) electrons. The van der Waals surface area contributed by atoms with Crippen LogP contribution in [0.4, 0.5) is 0 Å². The van der Waals surface area contributed by atoms with Crippen molar-refractivity contribution in [2.45, 2.75) is 0 Å². The van der Waals surface area contributed by atoms with E-state index in [-0.39, 0.29) is 0 Å². The number of rotatable bonds is 2. The Morgan fingerprint density at radius 2 is 0.806 bits per heavy atom. The molecular weight excluding hydrogens is 432 g/mol. The third-order valence-electron chi connectivity index (χ3n) is 7.25. The zero-order valence-electron chi connectivity index (χ0n) is 19.9. The lowest BCUT2D eigenvalue weighted by molar-refractivity contribution is 1.65. The molecule has 0 amide bonds. The van der Waals surface area contributed by atoms with Crippen molar-refractivity contribution in [1.29, 1.82) is 0 Å². The van der Waals surface area contributed by atoms with E-state index in [1.807, 2.05) is 0 Å². The zero-order valence-corrected chi connectivity index (χ0v) is 19.9. The van der Waals surface area contributed by atoms with E-state index in [4.69, 9.17) is 0 Å². The molecule has 0 nitrogen and oxygen atoms in total. The molecule has 0 aliphatic heterocycles. The summed E-state index contributed by atoms with van der Waals surface area (Å²) >= 11 is 0. The van der Waals surface area contributed by atoms with Crippen LogP contribution in [-0.4, -0.2) is 0 Å². The van der Waals surface area contributed by atoms with Crippen molar-refractivity contribution in [3.8, 4) is 22.3 Å². The molecule has 0 aliphatic rings. The summed E-state index contributed by atoms with van der Waals surface area (Å²) in [6.45, 7) is 0. The summed E-state index contributed by atoms with van der Waals surface area (Å²) < 4.78 is 0. The van der Waals surface area contributed by atoms with Crippen LogP contribution in [0.3, 0.4) is 0 Å². The lowest BCUT2D eigenvalue weighted by Gasteiger charge is -2.16. The minimum atomic E-state index is 1.22. The minimum absolute atomic E-state index is 1.22. The summed E-state index contributed by atoms with van der Waals surface area (Å²) in [6, 6.07) is 52.7. The summed E-state index contributed by atoms with van der Waals surface area (Å²) in [5.74, 6) is 0. The van der Waals surface area contributed by atoms with Crippen molar-refractivity contribution in [3.05, 3.63) is 146 Å². The summed E-state index contributed by atoms with van der Waals surface area (Å²) in [5.41, 5.74) is 4.94. The maximum absolute atomic E-state index is 2.38. The molecule has 0 bridgehead atoms. The SMILES string of the molecule is c1ccc(-c2ccccccc(-c3cc4cccc5ccc6cccc3c6c54)c3ccccc23)cc1. The average molecular weight is 457 g/mol. The van der Waals surface area contributed by atoms with Crippen molar-refractivity contribution < 1.29 is 0 Å². The Labute approximate surface area is 210 Å². The van der Waals surface area contributed by atoms with E-state index >= 15 is 0 Å². The van der Waals surface area contributed by atoms with Crippen LogP contribution in [0, 0.1) is 0 Å². The summed E-state index contributed by atoms with van der Waals surface area (Å²) in [6.07, 6.45) is 0. The Hall–Kier alpha value is -4.68. The molecule has 168 valence electrons. The molecule has 0 saturated carbocycles. The molecule has 7 rings (SSSR count). The largest absolute Gasteiger partial charge is 0.0622 e. The van der Waals surface area contributed by atoms with Gasteiger partial charge in [0.25, 0.3) is 0 Å². The van der Waals surface area contributed by atoms with E-state index in [1.54, 1.807) is 0 Å². The van der Waals surface area contributed by atoms with Gasteiger partial charge in [0.15, 0.2) is 0 Å². The van der Waals surface area contributed by atoms with Crippen LogP contribution in [-0.2, 0) is 0 Å². The molecule has 0 spiro atoms. The van der Waals surface area contributed by atoms with Gasteiger partial charge in [-0.15, -0.1) is 0 Å². The predicted octanol–water partition coefficient (Wildman–Crippen LogP) is 10.2. The van der Waals surface area contributed by atoms with Gasteiger partial charge in [0.1, 0.15) is 0 Å². The lowest BCUT2D eigenvalue weighted by Crippen LogP contribution is -1.88. The molecule has 7 aromatic rings. The van der Waals surface area contributed by atoms with Gasteiger partial charge < -0.3 is 0 Å². The molecule has 0 N–H and O–H groups in total. The van der Waals surface area contributed by atoms with E-state index in [2.05, 4.69) is 146 Å². The highest BCUT2D eigenvalue weighted by molar-refractivity contribution is 6.27. The van der Waals surface area contributed by atoms with Gasteiger partial charge in [0.05, 0.1) is 0 Å². The van der Waals surface area contributed by atoms with Gasteiger partial charge in [-0.25, -0.2) is 0 Å². The van der Waals surface area contributed by atoms with Crippen molar-refractivity contribution >= 4 is 43.1 Å². The average Bonchev–Trinajstić information content (AvgIpc) is 2.94. The van der Waals surface area contributed by atoms with Crippen LogP contribution >= 0.6 is 0 Å². The molecule has 0 aromatic heterocycles. The van der Waals surface area contributed by atoms with Gasteiger partial charge in [-0.1, -0.05) is 140 Å². The third-order valence-corrected chi connectivity index (χ3v) is 7.25. The molecule has 7 aromatic carbocycles. The van der Waals surface area contributed by atoms with Crippen LogP contribution in [0.25, 0.3) is 65.3 Å². The molecular formula is C36H24.